The molecule has 0 saturated carbocycles. The van der Waals surface area contributed by atoms with E-state index >= 15 is 0 Å². The number of carbonyl (C=O) groups is 3. The highest BCUT2D eigenvalue weighted by atomic mass is 16.5. The Morgan fingerprint density at radius 3 is 2.57 bits per heavy atom. The summed E-state index contributed by atoms with van der Waals surface area (Å²) in [5.74, 6) is -1.41. The van der Waals surface area contributed by atoms with Crippen LogP contribution in [0.3, 0.4) is 0 Å². The molecule has 8 nitrogen and oxygen atoms in total. The summed E-state index contributed by atoms with van der Waals surface area (Å²) in [5.41, 5.74) is 0.543. The number of amides is 2. The number of anilines is 1. The number of unbranched alkanes of at least 4 members (excludes halogenated alkanes) is 1. The maximum Gasteiger partial charge on any atom is 0.303 e. The maximum atomic E-state index is 12.8. The number of phenolic OH excluding ortho intramolecular Hbond substituents is 1. The highest BCUT2D eigenvalue weighted by Gasteiger charge is 2.51. The second-order valence-corrected chi connectivity index (χ2v) is 7.79. The molecule has 3 rings (SSSR count). The number of allylic oxidation sites excluding steroid dienone is 2. The van der Waals surface area contributed by atoms with Gasteiger partial charge in [0, 0.05) is 18.0 Å². The van der Waals surface area contributed by atoms with E-state index in [1.54, 1.807) is 12.1 Å². The summed E-state index contributed by atoms with van der Waals surface area (Å²) in [5, 5.41) is 23.3. The van der Waals surface area contributed by atoms with Crippen LogP contribution in [-0.2, 0) is 19.1 Å². The number of phenols is 1. The molecule has 2 aliphatic heterocycles. The normalized spacial score (nSPS) is 24.8. The number of ether oxygens (including phenoxy) is 1. The highest BCUT2D eigenvalue weighted by molar-refractivity contribution is 5.95. The van der Waals surface area contributed by atoms with Crippen molar-refractivity contribution in [3.63, 3.8) is 0 Å². The fraction of sp³-hybridized carbons (Fsp3) is 0.500. The minimum Gasteiger partial charge on any atom is -0.508 e. The SMILES string of the molecule is O=C(O)CCC/C=C\C[C@@H]1[C@H](C(=O)NCC(=O)Nc2ccc(O)cc2)[C@@H]2CC[C@H]1O2. The van der Waals surface area contributed by atoms with E-state index in [2.05, 4.69) is 10.6 Å². The Hall–Kier alpha value is -2.87. The van der Waals surface area contributed by atoms with Crippen LogP contribution in [0.5, 0.6) is 5.75 Å². The molecule has 2 bridgehead atoms. The average molecular weight is 416 g/mol. The van der Waals surface area contributed by atoms with Gasteiger partial charge in [-0.05, 0) is 56.4 Å². The number of rotatable bonds is 10. The van der Waals surface area contributed by atoms with E-state index in [-0.39, 0.29) is 54.6 Å². The van der Waals surface area contributed by atoms with Gasteiger partial charge in [-0.25, -0.2) is 0 Å². The molecule has 4 N–H and O–H groups in total. The second kappa shape index (κ2) is 10.2. The highest BCUT2D eigenvalue weighted by Crippen LogP contribution is 2.45. The zero-order valence-corrected chi connectivity index (χ0v) is 16.8. The number of aliphatic carboxylic acids is 1. The lowest BCUT2D eigenvalue weighted by atomic mass is 9.77. The van der Waals surface area contributed by atoms with Gasteiger partial charge in [-0.2, -0.15) is 0 Å². The van der Waals surface area contributed by atoms with Crippen molar-refractivity contribution in [2.24, 2.45) is 11.8 Å². The summed E-state index contributed by atoms with van der Waals surface area (Å²) in [6, 6.07) is 6.11. The number of carboxylic acids is 1. The quantitative estimate of drug-likeness (QED) is 0.264. The molecule has 0 spiro atoms. The second-order valence-electron chi connectivity index (χ2n) is 7.79. The molecule has 2 aliphatic rings. The van der Waals surface area contributed by atoms with Gasteiger partial charge in [0.2, 0.25) is 11.8 Å². The number of carboxylic acid groups (broad SMARTS) is 1. The van der Waals surface area contributed by atoms with Crippen LogP contribution in [0.15, 0.2) is 36.4 Å². The molecule has 0 radical (unpaired) electrons. The van der Waals surface area contributed by atoms with Crippen LogP contribution >= 0.6 is 0 Å². The molecule has 0 aromatic heterocycles. The van der Waals surface area contributed by atoms with Gasteiger partial charge in [0.25, 0.3) is 0 Å². The summed E-state index contributed by atoms with van der Waals surface area (Å²) >= 11 is 0. The minimum absolute atomic E-state index is 0.0558. The van der Waals surface area contributed by atoms with Crippen LogP contribution in [0.25, 0.3) is 0 Å². The Morgan fingerprint density at radius 1 is 1.10 bits per heavy atom. The number of carbonyl (C=O) groups excluding carboxylic acids is 2. The smallest absolute Gasteiger partial charge is 0.303 e. The van der Waals surface area contributed by atoms with Crippen LogP contribution < -0.4 is 10.6 Å². The van der Waals surface area contributed by atoms with Crippen molar-refractivity contribution in [2.75, 3.05) is 11.9 Å². The lowest BCUT2D eigenvalue weighted by Gasteiger charge is -2.26. The zero-order valence-electron chi connectivity index (χ0n) is 16.8. The summed E-state index contributed by atoms with van der Waals surface area (Å²) in [4.78, 5) is 35.4. The standard InChI is InChI=1S/C22H28N2O6/c25-15-9-7-14(8-10-15)24-19(26)13-23-22(29)21-16(17-11-12-18(21)30-17)5-3-1-2-4-6-20(27)28/h1,3,7-10,16-18,21,25H,2,4-6,11-13H2,(H,23,29)(H,24,26)(H,27,28)/b3-1-/t16-,17+,18-,21-/m0/s1. The third-order valence-electron chi connectivity index (χ3n) is 5.64. The molecular formula is C22H28N2O6. The van der Waals surface area contributed by atoms with Crippen LogP contribution in [0.2, 0.25) is 0 Å². The van der Waals surface area contributed by atoms with E-state index in [1.165, 1.54) is 12.1 Å². The molecule has 2 amide bonds. The number of hydrogen-bond donors (Lipinski definition) is 4. The molecule has 0 aliphatic carbocycles. The summed E-state index contributed by atoms with van der Waals surface area (Å²) in [7, 11) is 0. The third kappa shape index (κ3) is 5.82. The van der Waals surface area contributed by atoms with E-state index < -0.39 is 5.97 Å². The van der Waals surface area contributed by atoms with Crippen LogP contribution in [0, 0.1) is 11.8 Å². The summed E-state index contributed by atoms with van der Waals surface area (Å²) in [6.07, 6.45) is 7.85. The lowest BCUT2D eigenvalue weighted by Crippen LogP contribution is -2.43. The van der Waals surface area contributed by atoms with E-state index in [0.29, 0.717) is 24.9 Å². The molecule has 1 aromatic carbocycles. The van der Waals surface area contributed by atoms with E-state index in [9.17, 15) is 19.5 Å². The first-order valence-electron chi connectivity index (χ1n) is 10.3. The van der Waals surface area contributed by atoms with Gasteiger partial charge in [-0.1, -0.05) is 12.2 Å². The fourth-order valence-corrected chi connectivity index (χ4v) is 4.21. The fourth-order valence-electron chi connectivity index (χ4n) is 4.21. The first-order chi connectivity index (χ1) is 14.4. The molecule has 4 atom stereocenters. The Bertz CT molecular complexity index is 791. The monoisotopic (exact) mass is 416 g/mol. The number of nitrogens with one attached hydrogen (secondary N) is 2. The molecule has 8 heteroatoms. The van der Waals surface area contributed by atoms with E-state index in [0.717, 1.165) is 12.8 Å². The first-order valence-corrected chi connectivity index (χ1v) is 10.3. The van der Waals surface area contributed by atoms with Crippen molar-refractivity contribution in [2.45, 2.75) is 50.7 Å². The van der Waals surface area contributed by atoms with Gasteiger partial charge in [0.05, 0.1) is 24.7 Å². The van der Waals surface area contributed by atoms with Gasteiger partial charge in [-0.15, -0.1) is 0 Å². The van der Waals surface area contributed by atoms with Crippen LogP contribution in [-0.4, -0.2) is 46.7 Å². The van der Waals surface area contributed by atoms with Crippen LogP contribution in [0.1, 0.15) is 38.5 Å². The third-order valence-corrected chi connectivity index (χ3v) is 5.64. The maximum absolute atomic E-state index is 12.8. The number of hydrogen-bond acceptors (Lipinski definition) is 5. The molecular weight excluding hydrogens is 388 g/mol. The van der Waals surface area contributed by atoms with Crippen molar-refractivity contribution in [1.82, 2.24) is 5.32 Å². The molecule has 1 aromatic rings. The molecule has 30 heavy (non-hydrogen) atoms. The van der Waals surface area contributed by atoms with Crippen molar-refractivity contribution < 1.29 is 29.3 Å². The molecule has 162 valence electrons. The van der Waals surface area contributed by atoms with Crippen molar-refractivity contribution in [3.8, 4) is 5.75 Å². The lowest BCUT2D eigenvalue weighted by molar-refractivity contribution is -0.137. The van der Waals surface area contributed by atoms with Gasteiger partial charge in [0.1, 0.15) is 5.75 Å². The zero-order chi connectivity index (χ0) is 21.5. The Labute approximate surface area is 175 Å². The average Bonchev–Trinajstić information content (AvgIpc) is 3.32. The number of benzene rings is 1. The number of fused-ring (bicyclic) bond motifs is 2. The molecule has 0 unspecified atom stereocenters. The number of aromatic hydroxyl groups is 1. The Balaban J connectivity index is 1.47. The van der Waals surface area contributed by atoms with Gasteiger partial charge in [0.15, 0.2) is 0 Å². The Morgan fingerprint density at radius 2 is 1.83 bits per heavy atom. The van der Waals surface area contributed by atoms with Crippen LogP contribution in [0.4, 0.5) is 5.69 Å². The van der Waals surface area contributed by atoms with Crippen molar-refractivity contribution in [1.29, 1.82) is 0 Å². The minimum atomic E-state index is -0.795. The molecule has 2 fully saturated rings. The van der Waals surface area contributed by atoms with Gasteiger partial charge in [-0.3, -0.25) is 14.4 Å². The predicted molar refractivity (Wildman–Crippen MR) is 110 cm³/mol. The van der Waals surface area contributed by atoms with E-state index in [1.807, 2.05) is 12.2 Å². The van der Waals surface area contributed by atoms with Gasteiger partial charge >= 0.3 is 5.97 Å². The van der Waals surface area contributed by atoms with E-state index in [4.69, 9.17) is 9.84 Å². The first kappa shape index (κ1) is 21.8. The topological polar surface area (TPSA) is 125 Å². The predicted octanol–water partition coefficient (Wildman–Crippen LogP) is 2.44. The summed E-state index contributed by atoms with van der Waals surface area (Å²) < 4.78 is 5.95. The van der Waals surface area contributed by atoms with Crippen molar-refractivity contribution >= 4 is 23.5 Å². The Kier molecular flexibility index (Phi) is 7.46. The summed E-state index contributed by atoms with van der Waals surface area (Å²) in [6.45, 7) is -0.134. The molecule has 2 saturated heterocycles. The largest absolute Gasteiger partial charge is 0.508 e. The molecule has 2 heterocycles. The van der Waals surface area contributed by atoms with Gasteiger partial charge < -0.3 is 25.6 Å². The van der Waals surface area contributed by atoms with Crippen molar-refractivity contribution in [3.05, 3.63) is 36.4 Å².